The second kappa shape index (κ2) is 8.32. The molecule has 0 bridgehead atoms. The smallest absolute Gasteiger partial charge is 0.281 e. The second-order valence-corrected chi connectivity index (χ2v) is 7.49. The lowest BCUT2D eigenvalue weighted by Gasteiger charge is -2.07. The first-order valence-corrected chi connectivity index (χ1v) is 9.92. The highest BCUT2D eigenvalue weighted by Crippen LogP contribution is 2.32. The van der Waals surface area contributed by atoms with Gasteiger partial charge in [-0.25, -0.2) is 4.98 Å². The molecule has 0 saturated carbocycles. The Morgan fingerprint density at radius 2 is 1.86 bits per heavy atom. The molecule has 2 amide bonds. The summed E-state index contributed by atoms with van der Waals surface area (Å²) in [6.45, 7) is 1.99. The average molecular weight is 409 g/mol. The van der Waals surface area contributed by atoms with Crippen molar-refractivity contribution in [2.45, 2.75) is 19.8 Å². The van der Waals surface area contributed by atoms with Crippen LogP contribution in [0.4, 0.5) is 0 Å². The molecule has 0 aliphatic carbocycles. The Labute approximate surface area is 171 Å². The third kappa shape index (κ3) is 4.38. The highest BCUT2D eigenvalue weighted by molar-refractivity contribution is 7.17. The van der Waals surface area contributed by atoms with Crippen LogP contribution in [0.25, 0.3) is 10.6 Å². The van der Waals surface area contributed by atoms with Crippen molar-refractivity contribution in [3.63, 3.8) is 0 Å². The van der Waals surface area contributed by atoms with Gasteiger partial charge in [-0.15, -0.1) is 11.3 Å². The lowest BCUT2D eigenvalue weighted by atomic mass is 10.1. The number of carbonyl (C=O) groups excluding carboxylic acids is 2. The van der Waals surface area contributed by atoms with E-state index in [1.165, 1.54) is 11.3 Å². The first-order chi connectivity index (χ1) is 14.1. The molecule has 2 aromatic carbocycles. The van der Waals surface area contributed by atoms with Crippen LogP contribution in [0.5, 0.6) is 11.5 Å². The molecule has 8 heteroatoms. The molecule has 0 fully saturated rings. The highest BCUT2D eigenvalue weighted by atomic mass is 32.1. The number of carbonyl (C=O) groups is 2. The predicted molar refractivity (Wildman–Crippen MR) is 109 cm³/mol. The molecular weight excluding hydrogens is 390 g/mol. The highest BCUT2D eigenvalue weighted by Gasteiger charge is 2.17. The van der Waals surface area contributed by atoms with Crippen LogP contribution in [-0.2, 0) is 11.2 Å². The number of hydrazine groups is 1. The molecule has 0 radical (unpaired) electrons. The lowest BCUT2D eigenvalue weighted by Crippen LogP contribution is -2.41. The van der Waals surface area contributed by atoms with E-state index in [1.807, 2.05) is 48.5 Å². The Morgan fingerprint density at radius 1 is 1.07 bits per heavy atom. The van der Waals surface area contributed by atoms with Crippen LogP contribution in [-0.4, -0.2) is 23.6 Å². The van der Waals surface area contributed by atoms with Gasteiger partial charge in [0.1, 0.15) is 9.88 Å². The average Bonchev–Trinajstić information content (AvgIpc) is 3.37. The van der Waals surface area contributed by atoms with Crippen LogP contribution in [0.3, 0.4) is 0 Å². The molecule has 1 aliphatic heterocycles. The summed E-state index contributed by atoms with van der Waals surface area (Å²) < 4.78 is 10.6. The summed E-state index contributed by atoms with van der Waals surface area (Å²) in [6.07, 6.45) is 0.757. The zero-order valence-electron chi connectivity index (χ0n) is 15.7. The second-order valence-electron chi connectivity index (χ2n) is 6.49. The van der Waals surface area contributed by atoms with E-state index in [2.05, 4.69) is 15.8 Å². The molecule has 1 aliphatic rings. The zero-order valence-corrected chi connectivity index (χ0v) is 16.5. The maximum Gasteiger partial charge on any atom is 0.281 e. The predicted octanol–water partition coefficient (Wildman–Crippen LogP) is 3.24. The number of rotatable bonds is 5. The van der Waals surface area contributed by atoms with Crippen LogP contribution in [0.15, 0.2) is 48.5 Å². The first kappa shape index (κ1) is 18.9. The van der Waals surface area contributed by atoms with E-state index < -0.39 is 0 Å². The van der Waals surface area contributed by atoms with E-state index in [1.54, 1.807) is 6.92 Å². The molecule has 1 aromatic heterocycles. The van der Waals surface area contributed by atoms with E-state index in [0.29, 0.717) is 28.5 Å². The van der Waals surface area contributed by atoms with Gasteiger partial charge in [0.25, 0.3) is 5.91 Å². The lowest BCUT2D eigenvalue weighted by molar-refractivity contribution is -0.121. The van der Waals surface area contributed by atoms with Crippen LogP contribution in [0.2, 0.25) is 0 Å². The van der Waals surface area contributed by atoms with Gasteiger partial charge in [-0.1, -0.05) is 36.4 Å². The number of nitrogens with one attached hydrogen (secondary N) is 2. The van der Waals surface area contributed by atoms with Crippen molar-refractivity contribution in [3.8, 4) is 22.1 Å². The van der Waals surface area contributed by atoms with Crippen molar-refractivity contribution in [1.29, 1.82) is 0 Å². The van der Waals surface area contributed by atoms with Crippen molar-refractivity contribution in [2.24, 2.45) is 0 Å². The first-order valence-electron chi connectivity index (χ1n) is 9.11. The maximum absolute atomic E-state index is 12.4. The third-order valence-corrected chi connectivity index (χ3v) is 5.62. The zero-order chi connectivity index (χ0) is 20.2. The molecular formula is C21H19N3O4S. The quantitative estimate of drug-likeness (QED) is 0.632. The minimum absolute atomic E-state index is 0.217. The standard InChI is InChI=1S/C21H19N3O4S/c1-13-19(29-21(22-13)15-5-3-2-4-6-15)20(26)24-23-18(25)10-8-14-7-9-16-17(11-14)28-12-27-16/h2-7,9,11H,8,10,12H2,1H3,(H,23,25)(H,24,26). The third-order valence-electron chi connectivity index (χ3n) is 4.42. The van der Waals surface area contributed by atoms with Gasteiger partial charge in [0.15, 0.2) is 11.5 Å². The van der Waals surface area contributed by atoms with Gasteiger partial charge in [0, 0.05) is 12.0 Å². The monoisotopic (exact) mass is 409 g/mol. The Hall–Kier alpha value is -3.39. The molecule has 0 saturated heterocycles. The van der Waals surface area contributed by atoms with E-state index in [0.717, 1.165) is 16.1 Å². The van der Waals surface area contributed by atoms with E-state index in [4.69, 9.17) is 9.47 Å². The summed E-state index contributed by atoms with van der Waals surface area (Å²) in [6, 6.07) is 15.2. The van der Waals surface area contributed by atoms with Gasteiger partial charge in [-0.05, 0) is 31.0 Å². The normalized spacial score (nSPS) is 11.9. The SMILES string of the molecule is Cc1nc(-c2ccccc2)sc1C(=O)NNC(=O)CCc1ccc2c(c1)OCO2. The summed E-state index contributed by atoms with van der Waals surface area (Å²) in [5, 5.41) is 0.766. The Balaban J connectivity index is 1.30. The molecule has 0 spiro atoms. The summed E-state index contributed by atoms with van der Waals surface area (Å²) in [5.74, 6) is 0.742. The number of aryl methyl sites for hydroxylation is 2. The molecule has 7 nitrogen and oxygen atoms in total. The molecule has 0 unspecified atom stereocenters. The van der Waals surface area contributed by atoms with Gasteiger partial charge < -0.3 is 9.47 Å². The van der Waals surface area contributed by atoms with E-state index in [9.17, 15) is 9.59 Å². The van der Waals surface area contributed by atoms with E-state index in [-0.39, 0.29) is 25.0 Å². The summed E-state index contributed by atoms with van der Waals surface area (Å²) in [7, 11) is 0. The fourth-order valence-electron chi connectivity index (χ4n) is 2.91. The number of fused-ring (bicyclic) bond motifs is 1. The molecule has 3 aromatic rings. The van der Waals surface area contributed by atoms with Gasteiger partial charge in [0.2, 0.25) is 12.7 Å². The number of thiazole rings is 1. The Kier molecular flexibility index (Phi) is 5.44. The van der Waals surface area contributed by atoms with Crippen molar-refractivity contribution in [3.05, 3.63) is 64.7 Å². The molecule has 148 valence electrons. The summed E-state index contributed by atoms with van der Waals surface area (Å²) in [5.41, 5.74) is 7.47. The minimum atomic E-state index is -0.376. The number of ether oxygens (including phenoxy) is 2. The largest absolute Gasteiger partial charge is 0.454 e. The minimum Gasteiger partial charge on any atom is -0.454 e. The van der Waals surface area contributed by atoms with E-state index >= 15 is 0 Å². The Morgan fingerprint density at radius 3 is 2.69 bits per heavy atom. The van der Waals surface area contributed by atoms with Crippen LogP contribution in [0.1, 0.15) is 27.3 Å². The topological polar surface area (TPSA) is 89.6 Å². The summed E-state index contributed by atoms with van der Waals surface area (Å²) in [4.78, 5) is 29.5. The van der Waals surface area contributed by atoms with Gasteiger partial charge in [0.05, 0.1) is 5.69 Å². The number of aromatic nitrogens is 1. The van der Waals surface area contributed by atoms with Crippen molar-refractivity contribution < 1.29 is 19.1 Å². The molecule has 29 heavy (non-hydrogen) atoms. The number of hydrogen-bond donors (Lipinski definition) is 2. The fourth-order valence-corrected chi connectivity index (χ4v) is 3.88. The van der Waals surface area contributed by atoms with Crippen molar-refractivity contribution in [1.82, 2.24) is 15.8 Å². The molecule has 2 N–H and O–H groups in total. The number of hydrogen-bond acceptors (Lipinski definition) is 6. The van der Waals surface area contributed by atoms with Crippen LogP contribution >= 0.6 is 11.3 Å². The summed E-state index contributed by atoms with van der Waals surface area (Å²) >= 11 is 1.29. The van der Waals surface area contributed by atoms with Gasteiger partial charge in [-0.2, -0.15) is 0 Å². The Bertz CT molecular complexity index is 1050. The van der Waals surface area contributed by atoms with Crippen LogP contribution in [0, 0.1) is 6.92 Å². The van der Waals surface area contributed by atoms with Crippen molar-refractivity contribution >= 4 is 23.2 Å². The number of amides is 2. The molecule has 2 heterocycles. The van der Waals surface area contributed by atoms with Crippen molar-refractivity contribution in [2.75, 3.05) is 6.79 Å². The maximum atomic E-state index is 12.4. The fraction of sp³-hybridized carbons (Fsp3) is 0.190. The number of nitrogens with zero attached hydrogens (tertiary/aromatic N) is 1. The van der Waals surface area contributed by atoms with Crippen LogP contribution < -0.4 is 20.3 Å². The van der Waals surface area contributed by atoms with Gasteiger partial charge in [-0.3, -0.25) is 20.4 Å². The molecule has 0 atom stereocenters. The van der Waals surface area contributed by atoms with Gasteiger partial charge >= 0.3 is 0 Å². The molecule has 4 rings (SSSR count). The number of benzene rings is 2.